The largest absolute Gasteiger partial charge is 0.426 e. The monoisotopic (exact) mass is 484 g/mol. The summed E-state index contributed by atoms with van der Waals surface area (Å²) in [7, 11) is 0. The number of hydrogen-bond donors (Lipinski definition) is 1. The van der Waals surface area contributed by atoms with Crippen LogP contribution < -0.4 is 10.1 Å². The van der Waals surface area contributed by atoms with Crippen LogP contribution in [0.15, 0.2) is 66.7 Å². The van der Waals surface area contributed by atoms with Crippen LogP contribution in [0.5, 0.6) is 5.75 Å². The third-order valence-electron chi connectivity index (χ3n) is 7.08. The number of carbonyl (C=O) groups is 4. The molecule has 0 bridgehead atoms. The molecule has 2 aliphatic rings. The maximum absolute atomic E-state index is 13.1. The van der Waals surface area contributed by atoms with Crippen molar-refractivity contribution < 1.29 is 23.9 Å². The molecule has 3 aromatic rings. The average molecular weight is 485 g/mol. The Hall–Kier alpha value is -4.00. The number of nitrogens with zero attached hydrogens (tertiary/aromatic N) is 1. The molecule has 0 radical (unpaired) electrons. The van der Waals surface area contributed by atoms with Gasteiger partial charge in [0.15, 0.2) is 0 Å². The summed E-state index contributed by atoms with van der Waals surface area (Å²) in [6.07, 6.45) is 3.23. The summed E-state index contributed by atoms with van der Waals surface area (Å²) >= 11 is 0. The minimum atomic E-state index is -0.599. The van der Waals surface area contributed by atoms with Gasteiger partial charge in [0.2, 0.25) is 11.8 Å². The zero-order valence-corrected chi connectivity index (χ0v) is 19.9. The first-order valence-electron chi connectivity index (χ1n) is 12.4. The molecule has 36 heavy (non-hydrogen) atoms. The van der Waals surface area contributed by atoms with E-state index < -0.39 is 5.97 Å². The molecule has 1 aliphatic heterocycles. The van der Waals surface area contributed by atoms with Crippen LogP contribution in [0.25, 0.3) is 10.8 Å². The molecule has 1 saturated carbocycles. The summed E-state index contributed by atoms with van der Waals surface area (Å²) in [5, 5.41) is 4.56. The van der Waals surface area contributed by atoms with Crippen molar-refractivity contribution in [2.24, 2.45) is 11.8 Å². The fourth-order valence-corrected chi connectivity index (χ4v) is 5.18. The van der Waals surface area contributed by atoms with E-state index in [-0.39, 0.29) is 53.8 Å². The number of nitrogens with one attached hydrogen (secondary N) is 1. The first-order valence-corrected chi connectivity index (χ1v) is 12.4. The number of hydrogen-bond acceptors (Lipinski definition) is 5. The van der Waals surface area contributed by atoms with Gasteiger partial charge in [-0.2, -0.15) is 0 Å². The predicted molar refractivity (Wildman–Crippen MR) is 134 cm³/mol. The number of fused-ring (bicyclic) bond motifs is 2. The zero-order chi connectivity index (χ0) is 25.1. The molecule has 1 N–H and O–H groups in total. The van der Waals surface area contributed by atoms with E-state index in [1.165, 1.54) is 4.90 Å². The van der Waals surface area contributed by atoms with E-state index in [0.29, 0.717) is 6.54 Å². The van der Waals surface area contributed by atoms with Crippen molar-refractivity contribution in [3.63, 3.8) is 0 Å². The predicted octanol–water partition coefficient (Wildman–Crippen LogP) is 4.24. The molecule has 1 heterocycles. The highest BCUT2D eigenvalue weighted by Gasteiger charge is 2.47. The Morgan fingerprint density at radius 1 is 0.861 bits per heavy atom. The summed E-state index contributed by atoms with van der Waals surface area (Å²) in [5.74, 6) is -1.66. The van der Waals surface area contributed by atoms with Gasteiger partial charge in [0.05, 0.1) is 23.8 Å². The molecule has 7 heteroatoms. The van der Waals surface area contributed by atoms with Gasteiger partial charge in [0.25, 0.3) is 5.91 Å². The Kier molecular flexibility index (Phi) is 6.80. The van der Waals surface area contributed by atoms with E-state index >= 15 is 0 Å². The number of ether oxygens (including phenoxy) is 1. The van der Waals surface area contributed by atoms with E-state index in [1.54, 1.807) is 12.1 Å². The highest BCUT2D eigenvalue weighted by molar-refractivity contribution is 6.05. The van der Waals surface area contributed by atoms with E-state index in [9.17, 15) is 19.2 Å². The number of likely N-dealkylation sites (tertiary alicyclic amines) is 1. The molecule has 2 fully saturated rings. The molecule has 3 aromatic carbocycles. The van der Waals surface area contributed by atoms with Gasteiger partial charge in [-0.3, -0.25) is 24.1 Å². The topological polar surface area (TPSA) is 92.8 Å². The summed E-state index contributed by atoms with van der Waals surface area (Å²) in [4.78, 5) is 52.5. The molecule has 0 aromatic heterocycles. The Balaban J connectivity index is 1.29. The standard InChI is InChI=1S/C29H28N2O5/c32-26(14-15-31-28(34)22-12-6-7-13-23(22)29(31)35)36-25-17-21-11-5-4-10-20(21)16-24(25)27(33)30-18-19-8-2-1-3-9-19/h1-5,8-11,16-17,22-23H,6-7,12-15,18H2,(H,30,33)/t22-,23+. The normalized spacial score (nSPS) is 19.3. The fourth-order valence-electron chi connectivity index (χ4n) is 5.18. The molecular weight excluding hydrogens is 456 g/mol. The zero-order valence-electron chi connectivity index (χ0n) is 19.9. The highest BCUT2D eigenvalue weighted by atomic mass is 16.5. The van der Waals surface area contributed by atoms with E-state index in [0.717, 1.165) is 42.0 Å². The average Bonchev–Trinajstić information content (AvgIpc) is 3.15. The second-order valence-electron chi connectivity index (χ2n) is 9.41. The van der Waals surface area contributed by atoms with Crippen LogP contribution in [0.1, 0.15) is 48.0 Å². The third kappa shape index (κ3) is 4.87. The number of carbonyl (C=O) groups excluding carboxylic acids is 4. The minimum absolute atomic E-state index is 0.00732. The molecule has 0 spiro atoms. The smallest absolute Gasteiger partial charge is 0.313 e. The molecule has 7 nitrogen and oxygen atoms in total. The van der Waals surface area contributed by atoms with Crippen LogP contribution in [0, 0.1) is 11.8 Å². The summed E-state index contributed by atoms with van der Waals surface area (Å²) < 4.78 is 5.63. The molecule has 5 rings (SSSR count). The van der Waals surface area contributed by atoms with Crippen molar-refractivity contribution >= 4 is 34.5 Å². The molecule has 2 atom stereocenters. The van der Waals surface area contributed by atoms with Gasteiger partial charge in [-0.1, -0.05) is 67.4 Å². The second-order valence-corrected chi connectivity index (χ2v) is 9.41. The van der Waals surface area contributed by atoms with E-state index in [1.807, 2.05) is 54.6 Å². The van der Waals surface area contributed by atoms with Gasteiger partial charge >= 0.3 is 5.97 Å². The third-order valence-corrected chi connectivity index (χ3v) is 7.08. The summed E-state index contributed by atoms with van der Waals surface area (Å²) in [5.41, 5.74) is 1.20. The fraction of sp³-hybridized carbons (Fsp3) is 0.310. The van der Waals surface area contributed by atoms with Crippen molar-refractivity contribution in [3.05, 3.63) is 77.9 Å². The number of benzene rings is 3. The van der Waals surface area contributed by atoms with Crippen LogP contribution in [0.4, 0.5) is 0 Å². The lowest BCUT2D eigenvalue weighted by atomic mass is 9.81. The van der Waals surface area contributed by atoms with Crippen molar-refractivity contribution in [3.8, 4) is 5.75 Å². The molecule has 1 saturated heterocycles. The molecule has 3 amide bonds. The number of esters is 1. The Bertz CT molecular complexity index is 1300. The van der Waals surface area contributed by atoms with Crippen LogP contribution in [-0.4, -0.2) is 35.1 Å². The highest BCUT2D eigenvalue weighted by Crippen LogP contribution is 2.38. The van der Waals surface area contributed by atoms with Gasteiger partial charge in [-0.15, -0.1) is 0 Å². The molecular formula is C29H28N2O5. The Morgan fingerprint density at radius 2 is 1.47 bits per heavy atom. The van der Waals surface area contributed by atoms with Crippen molar-refractivity contribution in [2.45, 2.75) is 38.6 Å². The van der Waals surface area contributed by atoms with Crippen LogP contribution in [0.2, 0.25) is 0 Å². The number of rotatable bonds is 7. The van der Waals surface area contributed by atoms with E-state index in [4.69, 9.17) is 4.74 Å². The SMILES string of the molecule is O=C(CCN1C(=O)[C@H]2CCCC[C@H]2C1=O)Oc1cc2ccccc2cc1C(=O)NCc1ccccc1. The van der Waals surface area contributed by atoms with Gasteiger partial charge < -0.3 is 10.1 Å². The van der Waals surface area contributed by atoms with Crippen LogP contribution in [0.3, 0.4) is 0 Å². The maximum atomic E-state index is 13.1. The lowest BCUT2D eigenvalue weighted by Crippen LogP contribution is -2.33. The van der Waals surface area contributed by atoms with Crippen molar-refractivity contribution in [2.75, 3.05) is 6.54 Å². The van der Waals surface area contributed by atoms with Crippen LogP contribution >= 0.6 is 0 Å². The Labute approximate surface area is 209 Å². The number of amides is 3. The van der Waals surface area contributed by atoms with Crippen molar-refractivity contribution in [1.82, 2.24) is 10.2 Å². The lowest BCUT2D eigenvalue weighted by molar-refractivity contribution is -0.141. The first-order chi connectivity index (χ1) is 17.5. The quantitative estimate of drug-likeness (QED) is 0.308. The molecule has 0 unspecified atom stereocenters. The second kappa shape index (κ2) is 10.3. The first kappa shape index (κ1) is 23.7. The molecule has 1 aliphatic carbocycles. The van der Waals surface area contributed by atoms with Gasteiger partial charge in [0.1, 0.15) is 5.75 Å². The van der Waals surface area contributed by atoms with Gasteiger partial charge in [-0.05, 0) is 41.3 Å². The summed E-state index contributed by atoms with van der Waals surface area (Å²) in [6, 6.07) is 20.4. The van der Waals surface area contributed by atoms with Gasteiger partial charge in [-0.25, -0.2) is 0 Å². The van der Waals surface area contributed by atoms with Crippen LogP contribution in [-0.2, 0) is 20.9 Å². The molecule has 184 valence electrons. The lowest BCUT2D eigenvalue weighted by Gasteiger charge is -2.19. The summed E-state index contributed by atoms with van der Waals surface area (Å²) in [6.45, 7) is 0.327. The minimum Gasteiger partial charge on any atom is -0.426 e. The maximum Gasteiger partial charge on any atom is 0.313 e. The Morgan fingerprint density at radius 3 is 2.14 bits per heavy atom. The van der Waals surface area contributed by atoms with E-state index in [2.05, 4.69) is 5.32 Å². The van der Waals surface area contributed by atoms with Crippen molar-refractivity contribution in [1.29, 1.82) is 0 Å². The number of imide groups is 1. The van der Waals surface area contributed by atoms with Gasteiger partial charge in [0, 0.05) is 13.1 Å².